The fourth-order valence-corrected chi connectivity index (χ4v) is 8.45. The van der Waals surface area contributed by atoms with Crippen LogP contribution in [-0.2, 0) is 4.74 Å². The molecule has 0 bridgehead atoms. The predicted molar refractivity (Wildman–Crippen MR) is 179 cm³/mol. The second-order valence-electron chi connectivity index (χ2n) is 14.8. The zero-order chi connectivity index (χ0) is 34.7. The van der Waals surface area contributed by atoms with Crippen LogP contribution in [0.1, 0.15) is 43.7 Å². The molecule has 262 valence electrons. The number of ether oxygens (including phenoxy) is 2. The Balaban J connectivity index is 1.26. The molecule has 50 heavy (non-hydrogen) atoms. The summed E-state index contributed by atoms with van der Waals surface area (Å²) >= 11 is 0. The quantitative estimate of drug-likeness (QED) is 0.235. The first-order chi connectivity index (χ1) is 23.8. The average molecular weight is 691 g/mol. The highest BCUT2D eigenvalue weighted by molar-refractivity contribution is 6.11. The number of fused-ring (bicyclic) bond motifs is 7. The van der Waals surface area contributed by atoms with Crippen molar-refractivity contribution in [2.45, 2.75) is 50.2 Å². The fraction of sp³-hybridized carbons (Fsp3) is 0.472. The lowest BCUT2D eigenvalue weighted by Gasteiger charge is -2.32. The number of aliphatic hydroxyl groups excluding tert-OH is 1. The maximum atomic E-state index is 15.9. The lowest BCUT2D eigenvalue weighted by molar-refractivity contribution is -0.0123. The number of hydrogen-bond acceptors (Lipinski definition) is 10. The molecule has 2 aliphatic carbocycles. The Morgan fingerprint density at radius 2 is 1.92 bits per heavy atom. The summed E-state index contributed by atoms with van der Waals surface area (Å²) in [6, 6.07) is 7.92. The van der Waals surface area contributed by atoms with E-state index in [0.717, 1.165) is 0 Å². The van der Waals surface area contributed by atoms with E-state index >= 15 is 13.2 Å². The molecule has 4 unspecified atom stereocenters. The number of anilines is 1. The van der Waals surface area contributed by atoms with E-state index in [4.69, 9.17) is 19.4 Å². The van der Waals surface area contributed by atoms with E-state index in [9.17, 15) is 15.3 Å². The number of pyridine rings is 1. The molecular formula is C36H37F3N6O5. The van der Waals surface area contributed by atoms with E-state index in [1.165, 1.54) is 6.07 Å². The molecule has 3 fully saturated rings. The van der Waals surface area contributed by atoms with Gasteiger partial charge in [-0.1, -0.05) is 13.0 Å². The number of nitrogens with zero attached hydrogens (tertiary/aromatic N) is 6. The first-order valence-electron chi connectivity index (χ1n) is 17.0. The molecule has 14 heteroatoms. The van der Waals surface area contributed by atoms with Crippen LogP contribution in [0.3, 0.4) is 0 Å². The summed E-state index contributed by atoms with van der Waals surface area (Å²) in [6.07, 6.45) is 1.28. The molecule has 3 aromatic heterocycles. The van der Waals surface area contributed by atoms with Crippen molar-refractivity contribution in [2.24, 2.45) is 5.41 Å². The Hall–Kier alpha value is -4.24. The number of phenolic OH excluding ortho intramolecular Hbond substituents is 1. The van der Waals surface area contributed by atoms with Gasteiger partial charge in [0.2, 0.25) is 0 Å². The summed E-state index contributed by atoms with van der Waals surface area (Å²) < 4.78 is 59.6. The molecule has 2 aromatic carbocycles. The maximum Gasteiger partial charge on any atom is 0.318 e. The highest BCUT2D eigenvalue weighted by atomic mass is 19.3. The van der Waals surface area contributed by atoms with Crippen LogP contribution in [0.2, 0.25) is 0 Å². The number of aliphatic hydroxyl groups is 2. The average Bonchev–Trinajstić information content (AvgIpc) is 3.35. The second kappa shape index (κ2) is 10.9. The summed E-state index contributed by atoms with van der Waals surface area (Å²) in [5, 5.41) is 38.6. The zero-order valence-corrected chi connectivity index (χ0v) is 27.7. The molecule has 5 heterocycles. The number of β-amino-alcohol motifs (C(OH)–C–C–N with tert-alkyl or cyclic N) is 2. The normalized spacial score (nSPS) is 27.6. The van der Waals surface area contributed by atoms with Crippen molar-refractivity contribution in [3.05, 3.63) is 53.5 Å². The van der Waals surface area contributed by atoms with E-state index < -0.39 is 34.8 Å². The Bertz CT molecular complexity index is 2210. The lowest BCUT2D eigenvalue weighted by Crippen LogP contribution is -2.42. The molecular weight excluding hydrogens is 653 g/mol. The number of hydrogen-bond donors (Lipinski definition) is 3. The van der Waals surface area contributed by atoms with Crippen LogP contribution < -0.4 is 9.64 Å². The van der Waals surface area contributed by atoms with Gasteiger partial charge in [0.15, 0.2) is 0 Å². The molecule has 11 nitrogen and oxygen atoms in total. The van der Waals surface area contributed by atoms with Gasteiger partial charge in [-0.15, -0.1) is 0 Å². The summed E-state index contributed by atoms with van der Waals surface area (Å²) in [5.41, 5.74) is 0.608. The monoisotopic (exact) mass is 690 g/mol. The highest BCUT2D eigenvalue weighted by Gasteiger charge is 2.72. The van der Waals surface area contributed by atoms with Gasteiger partial charge < -0.3 is 29.7 Å². The van der Waals surface area contributed by atoms with Crippen molar-refractivity contribution in [1.82, 2.24) is 24.5 Å². The molecule has 2 saturated heterocycles. The van der Waals surface area contributed by atoms with Gasteiger partial charge in [0.05, 0.1) is 59.6 Å². The first-order valence-corrected chi connectivity index (χ1v) is 17.0. The van der Waals surface area contributed by atoms with Crippen LogP contribution in [0.4, 0.5) is 19.0 Å². The third-order valence-corrected chi connectivity index (χ3v) is 10.9. The van der Waals surface area contributed by atoms with Gasteiger partial charge in [-0.2, -0.15) is 15.1 Å². The maximum absolute atomic E-state index is 15.9. The Labute approximate surface area is 284 Å². The van der Waals surface area contributed by atoms with Gasteiger partial charge >= 0.3 is 6.01 Å². The lowest BCUT2D eigenvalue weighted by atomic mass is 9.78. The molecule has 2 aliphatic heterocycles. The number of aromatic hydroxyl groups is 1. The predicted octanol–water partition coefficient (Wildman–Crippen LogP) is 4.47. The third kappa shape index (κ3) is 4.83. The molecule has 0 radical (unpaired) electrons. The van der Waals surface area contributed by atoms with E-state index in [0.29, 0.717) is 88.1 Å². The molecule has 4 aliphatic rings. The van der Waals surface area contributed by atoms with Crippen LogP contribution in [0.15, 0.2) is 36.5 Å². The zero-order valence-electron chi connectivity index (χ0n) is 27.7. The van der Waals surface area contributed by atoms with E-state index in [2.05, 4.69) is 5.10 Å². The molecule has 9 rings (SSSR count). The largest absolute Gasteiger partial charge is 0.508 e. The van der Waals surface area contributed by atoms with Gasteiger partial charge in [0.1, 0.15) is 29.6 Å². The molecule has 4 atom stereocenters. The first kappa shape index (κ1) is 31.7. The van der Waals surface area contributed by atoms with Crippen molar-refractivity contribution in [3.8, 4) is 23.0 Å². The van der Waals surface area contributed by atoms with Crippen molar-refractivity contribution in [2.75, 3.05) is 57.4 Å². The van der Waals surface area contributed by atoms with Crippen LogP contribution in [0.5, 0.6) is 11.8 Å². The minimum absolute atomic E-state index is 0.00587. The number of rotatable bonds is 6. The smallest absolute Gasteiger partial charge is 0.318 e. The van der Waals surface area contributed by atoms with Crippen molar-refractivity contribution < 1.29 is 38.0 Å². The highest BCUT2D eigenvalue weighted by Crippen LogP contribution is 2.61. The SMILES string of the molecule is CC1c2c(n3nccc3c3c(N4CCOCC(C)(O)C4)nc(OCC4(CN5CCC(O)C5)CC4(F)F)nc23)-c2cc(O)cc3ccc(F)c1c23. The van der Waals surface area contributed by atoms with Gasteiger partial charge in [-0.05, 0) is 48.4 Å². The number of halogens is 3. The number of likely N-dealkylation sites (tertiary alicyclic amines) is 1. The van der Waals surface area contributed by atoms with Crippen molar-refractivity contribution in [3.63, 3.8) is 0 Å². The van der Waals surface area contributed by atoms with Crippen LogP contribution in [0, 0.1) is 11.2 Å². The Kier molecular flexibility index (Phi) is 6.90. The number of alkyl halides is 2. The third-order valence-electron chi connectivity index (χ3n) is 10.9. The van der Waals surface area contributed by atoms with Crippen molar-refractivity contribution in [1.29, 1.82) is 0 Å². The summed E-state index contributed by atoms with van der Waals surface area (Å²) in [6.45, 7) is 5.04. The summed E-state index contributed by atoms with van der Waals surface area (Å²) in [4.78, 5) is 13.5. The molecule has 0 spiro atoms. The molecule has 5 aromatic rings. The number of benzene rings is 2. The molecule has 0 amide bonds. The van der Waals surface area contributed by atoms with Gasteiger partial charge in [-0.25, -0.2) is 17.7 Å². The summed E-state index contributed by atoms with van der Waals surface area (Å²) in [5.74, 6) is -3.51. The topological polar surface area (TPSA) is 129 Å². The minimum Gasteiger partial charge on any atom is -0.508 e. The van der Waals surface area contributed by atoms with Crippen LogP contribution >= 0.6 is 0 Å². The summed E-state index contributed by atoms with van der Waals surface area (Å²) in [7, 11) is 0. The number of aromatic nitrogens is 4. The second-order valence-corrected chi connectivity index (χ2v) is 14.8. The molecule has 3 N–H and O–H groups in total. The minimum atomic E-state index is -2.96. The number of phenols is 1. The fourth-order valence-electron chi connectivity index (χ4n) is 8.45. The van der Waals surface area contributed by atoms with E-state index in [1.54, 1.807) is 35.8 Å². The van der Waals surface area contributed by atoms with Crippen molar-refractivity contribution >= 4 is 33.0 Å². The standard InChI is InChI=1S/C36H37F3N6O5/c1-19-26-24(37)4-3-20-11-22(47)12-23(28(20)26)31-27(19)30-29(25-5-7-40-45(25)31)32(44-9-10-49-17-34(2,48)15-44)42-33(41-30)50-18-35(14-36(35,38)39)16-43-8-6-21(46)13-43/h3-5,7,11-12,19,21,46-48H,6,8-10,13-18H2,1-2H3. The van der Waals surface area contributed by atoms with Gasteiger partial charge in [0, 0.05) is 55.2 Å². The van der Waals surface area contributed by atoms with E-state index in [-0.39, 0.29) is 44.5 Å². The van der Waals surface area contributed by atoms with Gasteiger partial charge in [0.25, 0.3) is 5.92 Å². The van der Waals surface area contributed by atoms with Gasteiger partial charge in [-0.3, -0.25) is 4.90 Å². The van der Waals surface area contributed by atoms with Crippen LogP contribution in [0.25, 0.3) is 38.4 Å². The Morgan fingerprint density at radius 3 is 2.68 bits per heavy atom. The van der Waals surface area contributed by atoms with Crippen LogP contribution in [-0.4, -0.2) is 110 Å². The Morgan fingerprint density at radius 1 is 1.10 bits per heavy atom. The van der Waals surface area contributed by atoms with E-state index in [1.807, 2.05) is 22.8 Å². The molecule has 1 saturated carbocycles.